The smallest absolute Gasteiger partial charge is 0.219 e. The number of ketones is 1. The van der Waals surface area contributed by atoms with E-state index in [4.69, 9.17) is 0 Å². The molecule has 0 aliphatic heterocycles. The molecule has 0 rings (SSSR count). The summed E-state index contributed by atoms with van der Waals surface area (Å²) in [6.45, 7) is 4.48. The average Bonchev–Trinajstić information content (AvgIpc) is 2.22. The molecule has 14 heavy (non-hydrogen) atoms. The number of carbonyl (C=O) groups is 2. The zero-order valence-corrected chi connectivity index (χ0v) is 9.27. The number of nitrogens with one attached hydrogen (secondary N) is 1. The van der Waals surface area contributed by atoms with Crippen LogP contribution >= 0.6 is 0 Å². The molecule has 0 aromatic carbocycles. The molecule has 0 aromatic rings. The molecule has 0 atom stereocenters. The number of Topliss-reactive ketones (excluding diaryl/α,β-unsaturated/α-hetero) is 1. The molecule has 3 nitrogen and oxygen atoms in total. The first-order chi connectivity index (χ1) is 6.70. The first-order valence-corrected chi connectivity index (χ1v) is 5.49. The molecular formula is C11H21NO2. The topological polar surface area (TPSA) is 46.2 Å². The van der Waals surface area contributed by atoms with Crippen LogP contribution in [-0.4, -0.2) is 18.2 Å². The monoisotopic (exact) mass is 199 g/mol. The molecule has 1 N–H and O–H groups in total. The molecule has 0 saturated carbocycles. The van der Waals surface area contributed by atoms with Gasteiger partial charge in [0.15, 0.2) is 0 Å². The highest BCUT2D eigenvalue weighted by molar-refractivity contribution is 5.77. The Morgan fingerprint density at radius 2 is 1.71 bits per heavy atom. The van der Waals surface area contributed by atoms with Gasteiger partial charge in [-0.3, -0.25) is 9.59 Å². The highest BCUT2D eigenvalue weighted by Gasteiger charge is 1.98. The molecule has 0 heterocycles. The molecule has 0 radical (unpaired) electrons. The normalized spacial score (nSPS) is 9.86. The van der Waals surface area contributed by atoms with E-state index in [-0.39, 0.29) is 5.91 Å². The number of amides is 1. The molecule has 0 unspecified atom stereocenters. The zero-order chi connectivity index (χ0) is 10.8. The summed E-state index contributed by atoms with van der Waals surface area (Å²) >= 11 is 0. The summed E-state index contributed by atoms with van der Waals surface area (Å²) in [5.41, 5.74) is 0. The van der Waals surface area contributed by atoms with E-state index in [1.807, 2.05) is 13.8 Å². The number of rotatable bonds is 8. The van der Waals surface area contributed by atoms with Crippen LogP contribution in [0.15, 0.2) is 0 Å². The Hall–Kier alpha value is -0.860. The molecule has 0 bridgehead atoms. The molecule has 0 aliphatic rings. The van der Waals surface area contributed by atoms with Gasteiger partial charge in [0, 0.05) is 25.8 Å². The van der Waals surface area contributed by atoms with Crippen LogP contribution in [0, 0.1) is 0 Å². The SMILES string of the molecule is CCC(=O)CCCCCNC(=O)CC. The van der Waals surface area contributed by atoms with Gasteiger partial charge in [0.1, 0.15) is 5.78 Å². The number of hydrogen-bond acceptors (Lipinski definition) is 2. The minimum Gasteiger partial charge on any atom is -0.356 e. The van der Waals surface area contributed by atoms with E-state index < -0.39 is 0 Å². The first kappa shape index (κ1) is 13.1. The van der Waals surface area contributed by atoms with Crippen LogP contribution in [0.5, 0.6) is 0 Å². The Kier molecular flexibility index (Phi) is 8.19. The number of hydrogen-bond donors (Lipinski definition) is 1. The van der Waals surface area contributed by atoms with Crippen molar-refractivity contribution in [3.63, 3.8) is 0 Å². The second kappa shape index (κ2) is 8.73. The van der Waals surface area contributed by atoms with Gasteiger partial charge in [-0.1, -0.05) is 20.3 Å². The second-order valence-electron chi connectivity index (χ2n) is 3.41. The van der Waals surface area contributed by atoms with Crippen molar-refractivity contribution in [1.29, 1.82) is 0 Å². The fraction of sp³-hybridized carbons (Fsp3) is 0.818. The minimum atomic E-state index is 0.106. The maximum absolute atomic E-state index is 10.9. The van der Waals surface area contributed by atoms with Crippen molar-refractivity contribution >= 4 is 11.7 Å². The van der Waals surface area contributed by atoms with Gasteiger partial charge in [-0.05, 0) is 12.8 Å². The summed E-state index contributed by atoms with van der Waals surface area (Å²) in [5, 5.41) is 2.81. The molecule has 3 heteroatoms. The van der Waals surface area contributed by atoms with Gasteiger partial charge < -0.3 is 5.32 Å². The third kappa shape index (κ3) is 7.77. The fourth-order valence-electron chi connectivity index (χ4n) is 1.15. The van der Waals surface area contributed by atoms with Crippen LogP contribution in [0.2, 0.25) is 0 Å². The molecule has 0 aromatic heterocycles. The van der Waals surface area contributed by atoms with Crippen molar-refractivity contribution < 1.29 is 9.59 Å². The Morgan fingerprint density at radius 3 is 2.29 bits per heavy atom. The molecule has 0 saturated heterocycles. The predicted molar refractivity (Wildman–Crippen MR) is 57.1 cm³/mol. The van der Waals surface area contributed by atoms with E-state index in [0.29, 0.717) is 25.0 Å². The summed E-state index contributed by atoms with van der Waals surface area (Å²) < 4.78 is 0. The third-order valence-electron chi connectivity index (χ3n) is 2.17. The molecule has 0 aliphatic carbocycles. The zero-order valence-electron chi connectivity index (χ0n) is 9.27. The van der Waals surface area contributed by atoms with Crippen LogP contribution in [0.3, 0.4) is 0 Å². The molecule has 0 fully saturated rings. The lowest BCUT2D eigenvalue weighted by molar-refractivity contribution is -0.121. The first-order valence-electron chi connectivity index (χ1n) is 5.49. The lowest BCUT2D eigenvalue weighted by atomic mass is 10.1. The van der Waals surface area contributed by atoms with E-state index >= 15 is 0 Å². The van der Waals surface area contributed by atoms with E-state index in [2.05, 4.69) is 5.32 Å². The van der Waals surface area contributed by atoms with Crippen LogP contribution < -0.4 is 5.32 Å². The summed E-state index contributed by atoms with van der Waals surface area (Å²) in [6.07, 6.45) is 4.84. The fourth-order valence-corrected chi connectivity index (χ4v) is 1.15. The average molecular weight is 199 g/mol. The standard InChI is InChI=1S/C11H21NO2/c1-3-10(13)8-6-5-7-9-12-11(14)4-2/h3-9H2,1-2H3,(H,12,14). The van der Waals surface area contributed by atoms with Gasteiger partial charge in [-0.2, -0.15) is 0 Å². The lowest BCUT2D eigenvalue weighted by Gasteiger charge is -2.02. The van der Waals surface area contributed by atoms with Crippen molar-refractivity contribution in [2.75, 3.05) is 6.54 Å². The van der Waals surface area contributed by atoms with Crippen molar-refractivity contribution in [1.82, 2.24) is 5.32 Å². The van der Waals surface area contributed by atoms with Gasteiger partial charge in [0.2, 0.25) is 5.91 Å². The van der Waals surface area contributed by atoms with Gasteiger partial charge in [0.05, 0.1) is 0 Å². The molecule has 82 valence electrons. The predicted octanol–water partition coefficient (Wildman–Crippen LogP) is 2.05. The van der Waals surface area contributed by atoms with Crippen LogP contribution in [0.4, 0.5) is 0 Å². The maximum atomic E-state index is 10.9. The summed E-state index contributed by atoms with van der Waals surface area (Å²) in [5.74, 6) is 0.442. The van der Waals surface area contributed by atoms with Crippen LogP contribution in [-0.2, 0) is 9.59 Å². The maximum Gasteiger partial charge on any atom is 0.219 e. The highest BCUT2D eigenvalue weighted by atomic mass is 16.1. The quantitative estimate of drug-likeness (QED) is 0.608. The Bertz CT molecular complexity index is 158. The van der Waals surface area contributed by atoms with Gasteiger partial charge in [0.25, 0.3) is 0 Å². The van der Waals surface area contributed by atoms with Gasteiger partial charge in [-0.25, -0.2) is 0 Å². The molecule has 1 amide bonds. The van der Waals surface area contributed by atoms with Gasteiger partial charge in [-0.15, -0.1) is 0 Å². The largest absolute Gasteiger partial charge is 0.356 e. The Balaban J connectivity index is 3.14. The highest BCUT2D eigenvalue weighted by Crippen LogP contribution is 2.01. The summed E-state index contributed by atoms with van der Waals surface area (Å²) in [6, 6.07) is 0. The lowest BCUT2D eigenvalue weighted by Crippen LogP contribution is -2.23. The van der Waals surface area contributed by atoms with Crippen LogP contribution in [0.25, 0.3) is 0 Å². The van der Waals surface area contributed by atoms with E-state index in [0.717, 1.165) is 25.8 Å². The van der Waals surface area contributed by atoms with Crippen molar-refractivity contribution in [2.24, 2.45) is 0 Å². The third-order valence-corrected chi connectivity index (χ3v) is 2.17. The van der Waals surface area contributed by atoms with Crippen molar-refractivity contribution in [2.45, 2.75) is 52.4 Å². The van der Waals surface area contributed by atoms with Crippen molar-refractivity contribution in [3.05, 3.63) is 0 Å². The molecule has 0 spiro atoms. The Labute approximate surface area is 86.3 Å². The van der Waals surface area contributed by atoms with E-state index in [9.17, 15) is 9.59 Å². The Morgan fingerprint density at radius 1 is 1.00 bits per heavy atom. The van der Waals surface area contributed by atoms with E-state index in [1.165, 1.54) is 0 Å². The summed E-state index contributed by atoms with van der Waals surface area (Å²) in [4.78, 5) is 21.8. The second-order valence-corrected chi connectivity index (χ2v) is 3.41. The van der Waals surface area contributed by atoms with Crippen molar-refractivity contribution in [3.8, 4) is 0 Å². The minimum absolute atomic E-state index is 0.106. The molecular weight excluding hydrogens is 178 g/mol. The number of unbranched alkanes of at least 4 members (excludes halogenated alkanes) is 2. The van der Waals surface area contributed by atoms with Gasteiger partial charge >= 0.3 is 0 Å². The van der Waals surface area contributed by atoms with E-state index in [1.54, 1.807) is 0 Å². The van der Waals surface area contributed by atoms with Crippen LogP contribution in [0.1, 0.15) is 52.4 Å². The summed E-state index contributed by atoms with van der Waals surface area (Å²) in [7, 11) is 0. The number of carbonyl (C=O) groups excluding carboxylic acids is 2.